The van der Waals surface area contributed by atoms with E-state index in [1.165, 1.54) is 0 Å². The fourth-order valence-electron chi connectivity index (χ4n) is 3.37. The van der Waals surface area contributed by atoms with Crippen LogP contribution >= 0.6 is 24.0 Å². The molecule has 28 heavy (non-hydrogen) atoms. The second kappa shape index (κ2) is 12.1. The first-order valence-corrected chi connectivity index (χ1v) is 10.1. The lowest BCUT2D eigenvalue weighted by Gasteiger charge is -2.30. The number of aromatic nitrogens is 1. The van der Waals surface area contributed by atoms with Gasteiger partial charge in [0.1, 0.15) is 12.4 Å². The van der Waals surface area contributed by atoms with Gasteiger partial charge in [-0.15, -0.1) is 24.0 Å². The number of nitrogens with one attached hydrogen (secondary N) is 3. The summed E-state index contributed by atoms with van der Waals surface area (Å²) >= 11 is 0. The minimum atomic E-state index is 0. The average Bonchev–Trinajstić information content (AvgIpc) is 3.50. The Morgan fingerprint density at radius 2 is 2.11 bits per heavy atom. The molecule has 2 aliphatic carbocycles. The van der Waals surface area contributed by atoms with Crippen molar-refractivity contribution in [2.45, 2.75) is 57.5 Å². The Hall–Kier alpha value is -1.58. The molecular formula is C20H32IN5O2. The van der Waals surface area contributed by atoms with E-state index < -0.39 is 0 Å². The highest BCUT2D eigenvalue weighted by Crippen LogP contribution is 2.26. The van der Waals surface area contributed by atoms with Crippen LogP contribution in [-0.2, 0) is 4.79 Å². The second-order valence-corrected chi connectivity index (χ2v) is 7.29. The van der Waals surface area contributed by atoms with Gasteiger partial charge in [0.2, 0.25) is 5.91 Å². The molecule has 8 heteroatoms. The van der Waals surface area contributed by atoms with Crippen LogP contribution < -0.4 is 20.7 Å². The maximum atomic E-state index is 12.3. The molecule has 2 aliphatic rings. The van der Waals surface area contributed by atoms with Gasteiger partial charge in [0.15, 0.2) is 5.96 Å². The summed E-state index contributed by atoms with van der Waals surface area (Å²) in [6.45, 7) is 3.91. The van der Waals surface area contributed by atoms with Gasteiger partial charge in [-0.05, 0) is 51.2 Å². The summed E-state index contributed by atoms with van der Waals surface area (Å²) < 4.78 is 5.64. The zero-order valence-corrected chi connectivity index (χ0v) is 18.9. The SMILES string of the molecule is CCNC(=NCCOc1cccnc1)NC1CCCC(C(=O)NC2CC2)C1.I. The summed E-state index contributed by atoms with van der Waals surface area (Å²) in [7, 11) is 0. The van der Waals surface area contributed by atoms with Crippen molar-refractivity contribution >= 4 is 35.8 Å². The molecule has 1 heterocycles. The van der Waals surface area contributed by atoms with E-state index in [-0.39, 0.29) is 41.8 Å². The van der Waals surface area contributed by atoms with Gasteiger partial charge in [0, 0.05) is 30.7 Å². The van der Waals surface area contributed by atoms with Gasteiger partial charge < -0.3 is 20.7 Å². The number of hydrogen-bond acceptors (Lipinski definition) is 4. The van der Waals surface area contributed by atoms with Crippen molar-refractivity contribution in [1.82, 2.24) is 20.9 Å². The Labute approximate surface area is 184 Å². The van der Waals surface area contributed by atoms with Crippen LogP contribution in [0.15, 0.2) is 29.5 Å². The van der Waals surface area contributed by atoms with Gasteiger partial charge in [0.25, 0.3) is 0 Å². The second-order valence-electron chi connectivity index (χ2n) is 7.29. The summed E-state index contributed by atoms with van der Waals surface area (Å²) in [4.78, 5) is 21.0. The average molecular weight is 501 g/mol. The first-order chi connectivity index (χ1) is 13.2. The van der Waals surface area contributed by atoms with Gasteiger partial charge in [-0.3, -0.25) is 9.78 Å². The smallest absolute Gasteiger partial charge is 0.223 e. The van der Waals surface area contributed by atoms with Crippen LogP contribution in [0.25, 0.3) is 0 Å². The third-order valence-electron chi connectivity index (χ3n) is 4.92. The summed E-state index contributed by atoms with van der Waals surface area (Å²) in [5.74, 6) is 1.90. The fraction of sp³-hybridized carbons (Fsp3) is 0.650. The number of pyridine rings is 1. The van der Waals surface area contributed by atoms with E-state index in [9.17, 15) is 4.79 Å². The van der Waals surface area contributed by atoms with E-state index in [2.05, 4.69) is 32.9 Å². The molecule has 3 N–H and O–H groups in total. The van der Waals surface area contributed by atoms with Gasteiger partial charge in [-0.2, -0.15) is 0 Å². The van der Waals surface area contributed by atoms with Crippen molar-refractivity contribution in [2.24, 2.45) is 10.9 Å². The van der Waals surface area contributed by atoms with E-state index in [1.807, 2.05) is 12.1 Å². The van der Waals surface area contributed by atoms with Gasteiger partial charge in [0.05, 0.1) is 12.7 Å². The number of carbonyl (C=O) groups excluding carboxylic acids is 1. The number of hydrogen-bond donors (Lipinski definition) is 3. The van der Waals surface area contributed by atoms with Crippen molar-refractivity contribution in [3.8, 4) is 5.75 Å². The molecule has 0 aliphatic heterocycles. The molecule has 1 aromatic rings. The monoisotopic (exact) mass is 501 g/mol. The minimum Gasteiger partial charge on any atom is -0.490 e. The van der Waals surface area contributed by atoms with E-state index >= 15 is 0 Å². The molecule has 0 saturated heterocycles. The highest BCUT2D eigenvalue weighted by atomic mass is 127. The molecular weight excluding hydrogens is 469 g/mol. The normalized spacial score (nSPS) is 22.0. The van der Waals surface area contributed by atoms with Gasteiger partial charge in [-0.25, -0.2) is 4.99 Å². The van der Waals surface area contributed by atoms with Crippen molar-refractivity contribution in [3.63, 3.8) is 0 Å². The molecule has 0 radical (unpaired) electrons. The Morgan fingerprint density at radius 3 is 2.82 bits per heavy atom. The van der Waals surface area contributed by atoms with Crippen molar-refractivity contribution in [3.05, 3.63) is 24.5 Å². The van der Waals surface area contributed by atoms with E-state index in [1.54, 1.807) is 12.4 Å². The Morgan fingerprint density at radius 1 is 1.25 bits per heavy atom. The number of rotatable bonds is 8. The van der Waals surface area contributed by atoms with Crippen molar-refractivity contribution in [2.75, 3.05) is 19.7 Å². The molecule has 156 valence electrons. The quantitative estimate of drug-likeness (QED) is 0.221. The molecule has 3 rings (SSSR count). The largest absolute Gasteiger partial charge is 0.490 e. The number of carbonyl (C=O) groups is 1. The standard InChI is InChI=1S/C20H31N5O2.HI/c1-2-22-20(23-11-12-27-18-7-4-10-21-14-18)25-17-6-3-5-15(13-17)19(26)24-16-8-9-16;/h4,7,10,14-17H,2-3,5-6,8-9,11-13H2,1H3,(H,24,26)(H2,22,23,25);1H. The van der Waals surface area contributed by atoms with Crippen LogP contribution in [0.2, 0.25) is 0 Å². The molecule has 2 unspecified atom stereocenters. The molecule has 1 aromatic heterocycles. The predicted molar refractivity (Wildman–Crippen MR) is 121 cm³/mol. The number of nitrogens with zero attached hydrogens (tertiary/aromatic N) is 2. The summed E-state index contributed by atoms with van der Waals surface area (Å²) in [5.41, 5.74) is 0. The van der Waals surface area contributed by atoms with Crippen molar-refractivity contribution in [1.29, 1.82) is 0 Å². The minimum absolute atomic E-state index is 0. The summed E-state index contributed by atoms with van der Waals surface area (Å²) in [6, 6.07) is 4.45. The lowest BCUT2D eigenvalue weighted by atomic mass is 9.85. The summed E-state index contributed by atoms with van der Waals surface area (Å²) in [5, 5.41) is 9.93. The fourth-order valence-corrected chi connectivity index (χ4v) is 3.37. The van der Waals surface area contributed by atoms with E-state index in [0.717, 1.165) is 56.8 Å². The molecule has 2 saturated carbocycles. The Balaban J connectivity index is 0.00000280. The first kappa shape index (κ1) is 22.7. The maximum Gasteiger partial charge on any atom is 0.223 e. The molecule has 2 atom stereocenters. The highest BCUT2D eigenvalue weighted by molar-refractivity contribution is 14.0. The number of aliphatic imine (C=N–C) groups is 1. The summed E-state index contributed by atoms with van der Waals surface area (Å²) in [6.07, 6.45) is 9.70. The van der Waals surface area contributed by atoms with E-state index in [4.69, 9.17) is 4.74 Å². The van der Waals surface area contributed by atoms with Crippen molar-refractivity contribution < 1.29 is 9.53 Å². The molecule has 0 aromatic carbocycles. The maximum absolute atomic E-state index is 12.3. The highest BCUT2D eigenvalue weighted by Gasteiger charge is 2.31. The topological polar surface area (TPSA) is 87.6 Å². The molecule has 1 amide bonds. The van der Waals surface area contributed by atoms with Gasteiger partial charge in [-0.1, -0.05) is 6.42 Å². The van der Waals surface area contributed by atoms with Crippen LogP contribution in [0.3, 0.4) is 0 Å². The third kappa shape index (κ3) is 7.81. The molecule has 0 spiro atoms. The molecule has 2 fully saturated rings. The van der Waals surface area contributed by atoms with Crippen LogP contribution in [0.5, 0.6) is 5.75 Å². The number of halogens is 1. The zero-order chi connectivity index (χ0) is 18.9. The van der Waals surface area contributed by atoms with Crippen LogP contribution in [0.4, 0.5) is 0 Å². The van der Waals surface area contributed by atoms with Crippen LogP contribution in [0, 0.1) is 5.92 Å². The first-order valence-electron chi connectivity index (χ1n) is 10.1. The molecule has 0 bridgehead atoms. The Kier molecular flexibility index (Phi) is 9.80. The lowest BCUT2D eigenvalue weighted by Crippen LogP contribution is -2.47. The number of amides is 1. The molecule has 7 nitrogen and oxygen atoms in total. The van der Waals surface area contributed by atoms with Crippen LogP contribution in [-0.4, -0.2) is 48.6 Å². The zero-order valence-electron chi connectivity index (χ0n) is 16.5. The third-order valence-corrected chi connectivity index (χ3v) is 4.92. The number of ether oxygens (including phenoxy) is 1. The lowest BCUT2D eigenvalue weighted by molar-refractivity contribution is -0.126. The van der Waals surface area contributed by atoms with E-state index in [0.29, 0.717) is 19.2 Å². The van der Waals surface area contributed by atoms with Crippen LogP contribution in [0.1, 0.15) is 45.4 Å². The van der Waals surface area contributed by atoms with Gasteiger partial charge >= 0.3 is 0 Å². The predicted octanol–water partition coefficient (Wildman–Crippen LogP) is 2.47. The number of guanidine groups is 1. The Bertz CT molecular complexity index is 624.